The SMILES string of the molecule is O=C(/C=C/c1ccccc1)Nc1cccc(SCC(=O)Nc2ccc(Cl)cc2Cl)c1. The quantitative estimate of drug-likeness (QED) is 0.320. The van der Waals surface area contributed by atoms with E-state index in [1.54, 1.807) is 30.3 Å². The van der Waals surface area contributed by atoms with E-state index in [0.29, 0.717) is 21.4 Å². The molecule has 0 fully saturated rings. The number of nitrogens with one attached hydrogen (secondary N) is 2. The summed E-state index contributed by atoms with van der Waals surface area (Å²) in [6, 6.07) is 21.8. The Morgan fingerprint density at radius 1 is 0.900 bits per heavy atom. The standard InChI is InChI=1S/C23H18Cl2N2O2S/c24-17-10-11-21(20(25)13-17)27-23(29)15-30-19-8-4-7-18(14-19)26-22(28)12-9-16-5-2-1-3-6-16/h1-14H,15H2,(H,26,28)(H,27,29)/b12-9+. The highest BCUT2D eigenvalue weighted by Gasteiger charge is 2.08. The number of carbonyl (C=O) groups excluding carboxylic acids is 2. The van der Waals surface area contributed by atoms with Crippen molar-refractivity contribution in [3.8, 4) is 0 Å². The maximum atomic E-state index is 12.2. The molecule has 3 rings (SSSR count). The number of carbonyl (C=O) groups is 2. The summed E-state index contributed by atoms with van der Waals surface area (Å²) in [6.45, 7) is 0. The summed E-state index contributed by atoms with van der Waals surface area (Å²) >= 11 is 13.3. The number of thioether (sulfide) groups is 1. The Morgan fingerprint density at radius 3 is 2.47 bits per heavy atom. The van der Waals surface area contributed by atoms with Gasteiger partial charge in [0.2, 0.25) is 11.8 Å². The summed E-state index contributed by atoms with van der Waals surface area (Å²) in [7, 11) is 0. The number of anilines is 2. The normalized spacial score (nSPS) is 10.7. The Balaban J connectivity index is 1.53. The van der Waals surface area contributed by atoms with E-state index in [2.05, 4.69) is 10.6 Å². The molecule has 0 atom stereocenters. The molecule has 4 nitrogen and oxygen atoms in total. The van der Waals surface area contributed by atoms with Crippen LogP contribution in [0.1, 0.15) is 5.56 Å². The van der Waals surface area contributed by atoms with Crippen molar-refractivity contribution in [2.75, 3.05) is 16.4 Å². The Kier molecular flexibility index (Phi) is 7.97. The monoisotopic (exact) mass is 456 g/mol. The molecule has 0 aliphatic rings. The van der Waals surface area contributed by atoms with E-state index >= 15 is 0 Å². The lowest BCUT2D eigenvalue weighted by Gasteiger charge is -2.08. The van der Waals surface area contributed by atoms with Gasteiger partial charge in [-0.25, -0.2) is 0 Å². The van der Waals surface area contributed by atoms with Crippen LogP contribution in [0.4, 0.5) is 11.4 Å². The third-order valence-electron chi connectivity index (χ3n) is 3.90. The minimum atomic E-state index is -0.226. The summed E-state index contributed by atoms with van der Waals surface area (Å²) in [6.07, 6.45) is 3.23. The van der Waals surface area contributed by atoms with Gasteiger partial charge in [0.1, 0.15) is 0 Å². The second-order valence-electron chi connectivity index (χ2n) is 6.22. The molecule has 2 amide bonds. The predicted molar refractivity (Wildman–Crippen MR) is 126 cm³/mol. The first kappa shape index (κ1) is 22.0. The number of hydrogen-bond donors (Lipinski definition) is 2. The van der Waals surface area contributed by atoms with Gasteiger partial charge >= 0.3 is 0 Å². The molecule has 0 aliphatic heterocycles. The van der Waals surface area contributed by atoms with E-state index < -0.39 is 0 Å². The third kappa shape index (κ3) is 6.95. The van der Waals surface area contributed by atoms with Crippen molar-refractivity contribution in [2.24, 2.45) is 0 Å². The number of benzene rings is 3. The molecule has 0 heterocycles. The summed E-state index contributed by atoms with van der Waals surface area (Å²) in [4.78, 5) is 25.2. The minimum absolute atomic E-state index is 0.190. The second-order valence-corrected chi connectivity index (χ2v) is 8.11. The Labute approximate surface area is 189 Å². The van der Waals surface area contributed by atoms with Gasteiger partial charge in [-0.2, -0.15) is 0 Å². The van der Waals surface area contributed by atoms with Gasteiger partial charge in [0.05, 0.1) is 16.5 Å². The largest absolute Gasteiger partial charge is 0.324 e. The van der Waals surface area contributed by atoms with Crippen LogP contribution in [0.5, 0.6) is 0 Å². The van der Waals surface area contributed by atoms with Crippen molar-refractivity contribution >= 4 is 64.2 Å². The molecule has 0 unspecified atom stereocenters. The van der Waals surface area contributed by atoms with E-state index in [0.717, 1.165) is 10.5 Å². The lowest BCUT2D eigenvalue weighted by Crippen LogP contribution is -2.14. The lowest BCUT2D eigenvalue weighted by molar-refractivity contribution is -0.114. The highest BCUT2D eigenvalue weighted by atomic mass is 35.5. The highest BCUT2D eigenvalue weighted by Crippen LogP contribution is 2.26. The van der Waals surface area contributed by atoms with Gasteiger partial charge in [0.15, 0.2) is 0 Å². The van der Waals surface area contributed by atoms with Crippen LogP contribution in [0, 0.1) is 0 Å². The summed E-state index contributed by atoms with van der Waals surface area (Å²) in [5.74, 6) is -0.217. The average Bonchev–Trinajstić information content (AvgIpc) is 2.74. The molecule has 0 aliphatic carbocycles. The average molecular weight is 457 g/mol. The van der Waals surface area contributed by atoms with Crippen molar-refractivity contribution in [1.82, 2.24) is 0 Å². The number of rotatable bonds is 7. The van der Waals surface area contributed by atoms with Crippen molar-refractivity contribution in [3.05, 3.63) is 94.5 Å². The lowest BCUT2D eigenvalue weighted by atomic mass is 10.2. The van der Waals surface area contributed by atoms with Crippen LogP contribution in [0.2, 0.25) is 10.0 Å². The van der Waals surface area contributed by atoms with Crippen LogP contribution in [-0.4, -0.2) is 17.6 Å². The first-order valence-electron chi connectivity index (χ1n) is 9.01. The Morgan fingerprint density at radius 2 is 1.70 bits per heavy atom. The molecule has 30 heavy (non-hydrogen) atoms. The molecular weight excluding hydrogens is 439 g/mol. The summed E-state index contributed by atoms with van der Waals surface area (Å²) in [5, 5.41) is 6.47. The molecular formula is C23H18Cl2N2O2S. The third-order valence-corrected chi connectivity index (χ3v) is 5.45. The molecule has 0 saturated carbocycles. The molecule has 7 heteroatoms. The molecule has 0 saturated heterocycles. The van der Waals surface area contributed by atoms with Crippen LogP contribution in [0.3, 0.4) is 0 Å². The fourth-order valence-corrected chi connectivity index (χ4v) is 3.72. The summed E-state index contributed by atoms with van der Waals surface area (Å²) < 4.78 is 0. The molecule has 0 radical (unpaired) electrons. The first-order chi connectivity index (χ1) is 14.5. The minimum Gasteiger partial charge on any atom is -0.324 e. The molecule has 0 aromatic heterocycles. The summed E-state index contributed by atoms with van der Waals surface area (Å²) in [5.41, 5.74) is 2.12. The van der Waals surface area contributed by atoms with Crippen molar-refractivity contribution in [1.29, 1.82) is 0 Å². The zero-order chi connectivity index (χ0) is 21.3. The molecule has 3 aromatic carbocycles. The van der Waals surface area contributed by atoms with Gasteiger partial charge in [0.25, 0.3) is 0 Å². The van der Waals surface area contributed by atoms with Gasteiger partial charge in [-0.15, -0.1) is 11.8 Å². The van der Waals surface area contributed by atoms with Gasteiger partial charge in [-0.3, -0.25) is 9.59 Å². The zero-order valence-corrected chi connectivity index (χ0v) is 18.1. The van der Waals surface area contributed by atoms with Crippen molar-refractivity contribution < 1.29 is 9.59 Å². The Bertz CT molecular complexity index is 1070. The van der Waals surface area contributed by atoms with E-state index in [1.165, 1.54) is 17.8 Å². The molecule has 0 bridgehead atoms. The van der Waals surface area contributed by atoms with Crippen LogP contribution in [0.25, 0.3) is 6.08 Å². The fraction of sp³-hybridized carbons (Fsp3) is 0.0435. The number of amides is 2. The zero-order valence-electron chi connectivity index (χ0n) is 15.8. The van der Waals surface area contributed by atoms with Gasteiger partial charge < -0.3 is 10.6 Å². The number of hydrogen-bond acceptors (Lipinski definition) is 3. The first-order valence-corrected chi connectivity index (χ1v) is 10.8. The smallest absolute Gasteiger partial charge is 0.248 e. The fourth-order valence-electron chi connectivity index (χ4n) is 2.51. The molecule has 2 N–H and O–H groups in total. The topological polar surface area (TPSA) is 58.2 Å². The molecule has 152 valence electrons. The number of halogens is 2. The molecule has 3 aromatic rings. The van der Waals surface area contributed by atoms with Gasteiger partial charge in [-0.05, 0) is 48.0 Å². The Hall–Kier alpha value is -2.73. The van der Waals surface area contributed by atoms with Crippen LogP contribution < -0.4 is 10.6 Å². The van der Waals surface area contributed by atoms with Crippen molar-refractivity contribution in [3.63, 3.8) is 0 Å². The second kappa shape index (κ2) is 10.9. The van der Waals surface area contributed by atoms with Crippen LogP contribution in [0.15, 0.2) is 83.8 Å². The maximum Gasteiger partial charge on any atom is 0.248 e. The van der Waals surface area contributed by atoms with Crippen LogP contribution in [-0.2, 0) is 9.59 Å². The van der Waals surface area contributed by atoms with E-state index in [1.807, 2.05) is 48.5 Å². The van der Waals surface area contributed by atoms with Gasteiger partial charge in [-0.1, -0.05) is 59.6 Å². The van der Waals surface area contributed by atoms with E-state index in [9.17, 15) is 9.59 Å². The van der Waals surface area contributed by atoms with Crippen molar-refractivity contribution in [2.45, 2.75) is 4.90 Å². The van der Waals surface area contributed by atoms with E-state index in [-0.39, 0.29) is 17.6 Å². The van der Waals surface area contributed by atoms with Crippen LogP contribution >= 0.6 is 35.0 Å². The molecule has 0 spiro atoms. The highest BCUT2D eigenvalue weighted by molar-refractivity contribution is 8.00. The van der Waals surface area contributed by atoms with E-state index in [4.69, 9.17) is 23.2 Å². The predicted octanol–water partition coefficient (Wildman–Crippen LogP) is 6.38. The maximum absolute atomic E-state index is 12.2. The van der Waals surface area contributed by atoms with Gasteiger partial charge in [0, 0.05) is 21.7 Å².